The third-order valence-corrected chi connectivity index (χ3v) is 12.5. The van der Waals surface area contributed by atoms with Crippen LogP contribution < -0.4 is 26.2 Å². The molecule has 2 aliphatic heterocycles. The van der Waals surface area contributed by atoms with Gasteiger partial charge in [0.2, 0.25) is 0 Å². The lowest BCUT2D eigenvalue weighted by Crippen LogP contribution is -2.61. The van der Waals surface area contributed by atoms with Gasteiger partial charge < -0.3 is 9.80 Å². The Hall–Kier alpha value is -7.36. The first-order chi connectivity index (χ1) is 28.8. The highest BCUT2D eigenvalue weighted by atomic mass is 15.2. The molecule has 9 aromatic rings. The molecule has 0 N–H and O–H groups in total. The minimum absolute atomic E-state index is 0.0144. The van der Waals surface area contributed by atoms with Crippen molar-refractivity contribution in [1.29, 1.82) is 0 Å². The first kappa shape index (κ1) is 32.8. The van der Waals surface area contributed by atoms with Crippen LogP contribution in [0.3, 0.4) is 0 Å². The summed E-state index contributed by atoms with van der Waals surface area (Å²) in [5.74, 6) is 0.0892. The van der Waals surface area contributed by atoms with Crippen LogP contribution in [0.25, 0.3) is 33.4 Å². The van der Waals surface area contributed by atoms with Crippen molar-refractivity contribution >= 4 is 57.2 Å². The molecule has 0 spiro atoms. The normalized spacial score (nSPS) is 13.3. The van der Waals surface area contributed by atoms with Crippen LogP contribution in [0.15, 0.2) is 218 Å². The number of hydrogen-bond acceptors (Lipinski definition) is 2. The SMILES string of the molecule is c1ccc(-c2ccc3c(c2)B2c4cc(-c5ccccc5)ccc4N(c4ccccc4)c4cc(C5c6ccccc6-c6ccccc65)cc(c42)N3c2ccccc2)cc1. The fourth-order valence-corrected chi connectivity index (χ4v) is 10.0. The Morgan fingerprint density at radius 2 is 0.724 bits per heavy atom. The predicted octanol–water partition coefficient (Wildman–Crippen LogP) is 12.3. The van der Waals surface area contributed by atoms with E-state index >= 15 is 0 Å². The van der Waals surface area contributed by atoms with E-state index in [1.54, 1.807) is 0 Å². The van der Waals surface area contributed by atoms with Gasteiger partial charge in [-0.05, 0) is 115 Å². The Balaban J connectivity index is 1.20. The molecule has 0 saturated carbocycles. The molecule has 0 fully saturated rings. The van der Waals surface area contributed by atoms with Crippen LogP contribution in [0.4, 0.5) is 34.1 Å². The quantitative estimate of drug-likeness (QED) is 0.162. The predicted molar refractivity (Wildman–Crippen MR) is 244 cm³/mol. The number of benzene rings is 9. The number of anilines is 6. The average Bonchev–Trinajstić information content (AvgIpc) is 3.64. The van der Waals surface area contributed by atoms with Crippen LogP contribution in [0, 0.1) is 0 Å². The monoisotopic (exact) mass is 736 g/mol. The highest BCUT2D eigenvalue weighted by Crippen LogP contribution is 2.52. The van der Waals surface area contributed by atoms with Crippen molar-refractivity contribution in [3.63, 3.8) is 0 Å². The largest absolute Gasteiger partial charge is 0.311 e. The van der Waals surface area contributed by atoms with Gasteiger partial charge in [-0.2, -0.15) is 0 Å². The minimum Gasteiger partial charge on any atom is -0.311 e. The summed E-state index contributed by atoms with van der Waals surface area (Å²) < 4.78 is 0. The highest BCUT2D eigenvalue weighted by molar-refractivity contribution is 7.00. The lowest BCUT2D eigenvalue weighted by atomic mass is 9.33. The highest BCUT2D eigenvalue weighted by Gasteiger charge is 2.45. The van der Waals surface area contributed by atoms with Gasteiger partial charge in [-0.15, -0.1) is 0 Å². The molecule has 1 aliphatic carbocycles. The zero-order valence-electron chi connectivity index (χ0n) is 31.8. The Labute approximate surface area is 340 Å². The number of rotatable bonds is 5. The molecule has 270 valence electrons. The summed E-state index contributed by atoms with van der Waals surface area (Å²) in [6.07, 6.45) is 0. The van der Waals surface area contributed by atoms with Gasteiger partial charge in [0.15, 0.2) is 0 Å². The summed E-state index contributed by atoms with van der Waals surface area (Å²) in [4.78, 5) is 5.07. The molecule has 0 amide bonds. The van der Waals surface area contributed by atoms with E-state index in [4.69, 9.17) is 0 Å². The van der Waals surface area contributed by atoms with E-state index in [2.05, 4.69) is 228 Å². The Morgan fingerprint density at radius 3 is 1.17 bits per heavy atom. The van der Waals surface area contributed by atoms with E-state index in [0.717, 1.165) is 11.4 Å². The third kappa shape index (κ3) is 5.00. The van der Waals surface area contributed by atoms with Gasteiger partial charge in [-0.3, -0.25) is 0 Å². The molecule has 0 atom stereocenters. The lowest BCUT2D eigenvalue weighted by Gasteiger charge is -2.45. The summed E-state index contributed by atoms with van der Waals surface area (Å²) >= 11 is 0. The fraction of sp³-hybridized carbons (Fsp3) is 0.0182. The van der Waals surface area contributed by atoms with Crippen molar-refractivity contribution < 1.29 is 0 Å². The molecule has 3 heteroatoms. The third-order valence-electron chi connectivity index (χ3n) is 12.5. The Bertz CT molecular complexity index is 2820. The second-order valence-corrected chi connectivity index (χ2v) is 15.6. The van der Waals surface area contributed by atoms with Crippen molar-refractivity contribution in [2.45, 2.75) is 5.92 Å². The van der Waals surface area contributed by atoms with Crippen molar-refractivity contribution in [3.05, 3.63) is 235 Å². The molecule has 0 radical (unpaired) electrons. The van der Waals surface area contributed by atoms with Crippen molar-refractivity contribution in [3.8, 4) is 33.4 Å². The Kier molecular flexibility index (Phi) is 7.43. The molecular formula is C55H37BN2. The molecule has 58 heavy (non-hydrogen) atoms. The summed E-state index contributed by atoms with van der Waals surface area (Å²) in [6, 6.07) is 80.9. The summed E-state index contributed by atoms with van der Waals surface area (Å²) in [6.45, 7) is -0.0144. The molecule has 12 rings (SSSR count). The maximum Gasteiger partial charge on any atom is 0.252 e. The standard InChI is InChI=1S/C55H37BN2/c1-5-17-37(18-6-1)39-29-31-50-48(33-39)56-49-34-40(38-19-7-2-8-20-38)30-32-51(49)58(43-23-11-4-12-24-43)53-36-41(35-52(55(53)56)57(50)42-21-9-3-10-22-42)54-46-27-15-13-25-44(46)45-26-14-16-28-47(45)54/h1-36,54H. The number of fused-ring (bicyclic) bond motifs is 7. The maximum atomic E-state index is 2.53. The molecule has 0 unspecified atom stereocenters. The van der Waals surface area contributed by atoms with E-state index in [-0.39, 0.29) is 12.6 Å². The zero-order valence-corrected chi connectivity index (χ0v) is 31.8. The molecule has 0 bridgehead atoms. The molecule has 2 nitrogen and oxygen atoms in total. The summed E-state index contributed by atoms with van der Waals surface area (Å²) in [5, 5.41) is 0. The van der Waals surface area contributed by atoms with E-state index in [0.29, 0.717) is 0 Å². The summed E-state index contributed by atoms with van der Waals surface area (Å²) in [5.41, 5.74) is 22.6. The first-order valence-corrected chi connectivity index (χ1v) is 20.3. The van der Waals surface area contributed by atoms with Crippen molar-refractivity contribution in [1.82, 2.24) is 0 Å². The maximum absolute atomic E-state index is 2.53. The molecule has 0 aromatic heterocycles. The van der Waals surface area contributed by atoms with Gasteiger partial charge in [0.25, 0.3) is 6.71 Å². The summed E-state index contributed by atoms with van der Waals surface area (Å²) in [7, 11) is 0. The van der Waals surface area contributed by atoms with Gasteiger partial charge in [-0.25, -0.2) is 0 Å². The van der Waals surface area contributed by atoms with Crippen LogP contribution in [0.5, 0.6) is 0 Å². The topological polar surface area (TPSA) is 6.48 Å². The van der Waals surface area contributed by atoms with Gasteiger partial charge in [0.05, 0.1) is 0 Å². The van der Waals surface area contributed by atoms with E-state index in [1.165, 1.54) is 89.2 Å². The van der Waals surface area contributed by atoms with Crippen LogP contribution in [-0.4, -0.2) is 6.71 Å². The molecule has 3 aliphatic rings. The van der Waals surface area contributed by atoms with Gasteiger partial charge in [0, 0.05) is 40.0 Å². The number of para-hydroxylation sites is 2. The molecular weight excluding hydrogens is 699 g/mol. The van der Waals surface area contributed by atoms with Crippen LogP contribution in [0.2, 0.25) is 0 Å². The smallest absolute Gasteiger partial charge is 0.252 e. The van der Waals surface area contributed by atoms with Crippen molar-refractivity contribution in [2.75, 3.05) is 9.80 Å². The van der Waals surface area contributed by atoms with Gasteiger partial charge in [0.1, 0.15) is 0 Å². The molecule has 9 aromatic carbocycles. The van der Waals surface area contributed by atoms with Crippen LogP contribution >= 0.6 is 0 Å². The second kappa shape index (κ2) is 13.1. The number of nitrogens with zero attached hydrogens (tertiary/aromatic N) is 2. The van der Waals surface area contributed by atoms with Crippen LogP contribution in [0.1, 0.15) is 22.6 Å². The minimum atomic E-state index is -0.0144. The fourth-order valence-electron chi connectivity index (χ4n) is 10.0. The molecule has 2 heterocycles. The van der Waals surface area contributed by atoms with Crippen molar-refractivity contribution in [2.24, 2.45) is 0 Å². The van der Waals surface area contributed by atoms with E-state index in [1.807, 2.05) is 0 Å². The zero-order chi connectivity index (χ0) is 38.2. The average molecular weight is 737 g/mol. The second-order valence-electron chi connectivity index (χ2n) is 15.6. The van der Waals surface area contributed by atoms with E-state index < -0.39 is 0 Å². The first-order valence-electron chi connectivity index (χ1n) is 20.3. The molecule has 0 saturated heterocycles. The van der Waals surface area contributed by atoms with Gasteiger partial charge >= 0.3 is 0 Å². The lowest BCUT2D eigenvalue weighted by molar-refractivity contribution is 1.01. The number of hydrogen-bond donors (Lipinski definition) is 0. The van der Waals surface area contributed by atoms with E-state index in [9.17, 15) is 0 Å². The Morgan fingerprint density at radius 1 is 0.328 bits per heavy atom. The van der Waals surface area contributed by atoms with Crippen LogP contribution in [-0.2, 0) is 0 Å². The van der Waals surface area contributed by atoms with Gasteiger partial charge in [-0.1, -0.05) is 170 Å².